The van der Waals surface area contributed by atoms with Crippen LogP contribution in [-0.2, 0) is 11.2 Å². The number of carbonyl (C=O) groups is 1. The maximum atomic E-state index is 11.9. The maximum absolute atomic E-state index is 11.9. The van der Waals surface area contributed by atoms with Crippen LogP contribution in [0.3, 0.4) is 0 Å². The smallest absolute Gasteiger partial charge is 0.409 e. The number of rotatable bonds is 3. The lowest BCUT2D eigenvalue weighted by Gasteiger charge is -2.35. The molecule has 7 nitrogen and oxygen atoms in total. The zero-order chi connectivity index (χ0) is 19.7. The molecule has 0 aliphatic carbocycles. The van der Waals surface area contributed by atoms with Gasteiger partial charge in [0.2, 0.25) is 0 Å². The molecule has 1 fully saturated rings. The Morgan fingerprint density at radius 3 is 2.61 bits per heavy atom. The molecule has 0 N–H and O–H groups in total. The summed E-state index contributed by atoms with van der Waals surface area (Å²) >= 11 is 0. The maximum Gasteiger partial charge on any atom is 0.409 e. The molecule has 0 spiro atoms. The van der Waals surface area contributed by atoms with Crippen LogP contribution in [0, 0.1) is 6.92 Å². The van der Waals surface area contributed by atoms with E-state index < -0.39 is 0 Å². The number of ether oxygens (including phenoxy) is 1. The molecule has 0 radical (unpaired) electrons. The zero-order valence-corrected chi connectivity index (χ0v) is 16.8. The standard InChI is InChI=1S/C21H27N5O2/c1-4-28-21(27)25-11-9-24(10-12-25)19-14-20(23-16(3)22-19)26-15(2)13-17-7-5-6-8-18(17)26/h5-8,14-15H,4,9-13H2,1-3H3. The summed E-state index contributed by atoms with van der Waals surface area (Å²) in [6.45, 7) is 9.16. The largest absolute Gasteiger partial charge is 0.450 e. The number of anilines is 3. The van der Waals surface area contributed by atoms with Crippen LogP contribution in [0.1, 0.15) is 25.2 Å². The molecule has 2 aromatic rings. The molecule has 0 bridgehead atoms. The number of nitrogens with zero attached hydrogens (tertiary/aromatic N) is 5. The average molecular weight is 381 g/mol. The van der Waals surface area contributed by atoms with Crippen molar-refractivity contribution in [2.75, 3.05) is 42.6 Å². The van der Waals surface area contributed by atoms with E-state index in [2.05, 4.69) is 52.0 Å². The van der Waals surface area contributed by atoms with Crippen LogP contribution in [0.4, 0.5) is 22.1 Å². The molecule has 1 atom stereocenters. The van der Waals surface area contributed by atoms with Crippen LogP contribution < -0.4 is 9.80 Å². The van der Waals surface area contributed by atoms with Gasteiger partial charge in [0.25, 0.3) is 0 Å². The molecule has 1 aromatic heterocycles. The number of carbonyl (C=O) groups excluding carboxylic acids is 1. The highest BCUT2D eigenvalue weighted by Gasteiger charge is 2.29. The molecule has 0 saturated carbocycles. The number of aryl methyl sites for hydroxylation is 1. The minimum absolute atomic E-state index is 0.232. The van der Waals surface area contributed by atoms with Crippen molar-refractivity contribution in [3.63, 3.8) is 0 Å². The van der Waals surface area contributed by atoms with Crippen LogP contribution in [0.15, 0.2) is 30.3 Å². The van der Waals surface area contributed by atoms with E-state index in [-0.39, 0.29) is 6.09 Å². The van der Waals surface area contributed by atoms with Crippen LogP contribution in [0.5, 0.6) is 0 Å². The molecule has 1 saturated heterocycles. The lowest BCUT2D eigenvalue weighted by molar-refractivity contribution is 0.105. The summed E-state index contributed by atoms with van der Waals surface area (Å²) in [6, 6.07) is 11.0. The van der Waals surface area contributed by atoms with Crippen molar-refractivity contribution in [2.24, 2.45) is 0 Å². The van der Waals surface area contributed by atoms with Crippen molar-refractivity contribution >= 4 is 23.4 Å². The van der Waals surface area contributed by atoms with Gasteiger partial charge in [-0.1, -0.05) is 18.2 Å². The Balaban J connectivity index is 1.55. The van der Waals surface area contributed by atoms with Crippen LogP contribution in [0.2, 0.25) is 0 Å². The summed E-state index contributed by atoms with van der Waals surface area (Å²) in [6.07, 6.45) is 0.788. The molecule has 1 unspecified atom stereocenters. The van der Waals surface area contributed by atoms with Gasteiger partial charge in [-0.2, -0.15) is 0 Å². The highest BCUT2D eigenvalue weighted by molar-refractivity contribution is 5.71. The van der Waals surface area contributed by atoms with Gasteiger partial charge in [-0.05, 0) is 38.8 Å². The SMILES string of the molecule is CCOC(=O)N1CCN(c2cc(N3c4ccccc4CC3C)nc(C)n2)CC1. The van der Waals surface area contributed by atoms with E-state index in [1.165, 1.54) is 11.3 Å². The van der Waals surface area contributed by atoms with Gasteiger partial charge in [-0.3, -0.25) is 0 Å². The molecule has 148 valence electrons. The molecule has 1 aromatic carbocycles. The molecule has 1 amide bonds. The van der Waals surface area contributed by atoms with E-state index in [1.54, 1.807) is 4.90 Å². The minimum Gasteiger partial charge on any atom is -0.450 e. The number of hydrogen-bond donors (Lipinski definition) is 0. The fourth-order valence-electron chi connectivity index (χ4n) is 4.07. The summed E-state index contributed by atoms with van der Waals surface area (Å²) < 4.78 is 5.11. The fraction of sp³-hybridized carbons (Fsp3) is 0.476. The number of hydrogen-bond acceptors (Lipinski definition) is 6. The monoisotopic (exact) mass is 381 g/mol. The third-order valence-electron chi connectivity index (χ3n) is 5.39. The first-order valence-corrected chi connectivity index (χ1v) is 9.96. The third kappa shape index (κ3) is 3.48. The minimum atomic E-state index is -0.232. The van der Waals surface area contributed by atoms with Gasteiger partial charge in [0.05, 0.1) is 6.61 Å². The van der Waals surface area contributed by atoms with Crippen LogP contribution in [-0.4, -0.2) is 59.8 Å². The van der Waals surface area contributed by atoms with Crippen molar-refractivity contribution in [2.45, 2.75) is 33.2 Å². The second-order valence-corrected chi connectivity index (χ2v) is 7.36. The highest BCUT2D eigenvalue weighted by Crippen LogP contribution is 2.38. The van der Waals surface area contributed by atoms with Crippen molar-refractivity contribution in [3.05, 3.63) is 41.7 Å². The second kappa shape index (κ2) is 7.66. The molecule has 2 aliphatic rings. The first-order valence-electron chi connectivity index (χ1n) is 9.96. The first kappa shape index (κ1) is 18.5. The number of benzene rings is 1. The Labute approximate surface area is 165 Å². The number of aromatic nitrogens is 2. The van der Waals surface area contributed by atoms with E-state index in [9.17, 15) is 4.79 Å². The molecule has 4 rings (SSSR count). The highest BCUT2D eigenvalue weighted by atomic mass is 16.6. The van der Waals surface area contributed by atoms with Crippen LogP contribution in [0.25, 0.3) is 0 Å². The summed E-state index contributed by atoms with van der Waals surface area (Å²) in [5, 5.41) is 0. The van der Waals surface area contributed by atoms with Crippen molar-refractivity contribution in [1.82, 2.24) is 14.9 Å². The predicted octanol–water partition coefficient (Wildman–Crippen LogP) is 3.15. The Morgan fingerprint density at radius 2 is 1.86 bits per heavy atom. The fourth-order valence-corrected chi connectivity index (χ4v) is 4.07. The van der Waals surface area contributed by atoms with Crippen molar-refractivity contribution < 1.29 is 9.53 Å². The molecule has 28 heavy (non-hydrogen) atoms. The molecule has 2 aliphatic heterocycles. The summed E-state index contributed by atoms with van der Waals surface area (Å²) in [5.74, 6) is 2.62. The van der Waals surface area contributed by atoms with E-state index in [4.69, 9.17) is 9.72 Å². The van der Waals surface area contributed by atoms with Crippen LogP contribution >= 0.6 is 0 Å². The van der Waals surface area contributed by atoms with Crippen molar-refractivity contribution in [1.29, 1.82) is 0 Å². The van der Waals surface area contributed by atoms with Gasteiger partial charge in [0.1, 0.15) is 17.5 Å². The Hall–Kier alpha value is -2.83. The molecular weight excluding hydrogens is 354 g/mol. The third-order valence-corrected chi connectivity index (χ3v) is 5.39. The number of piperazine rings is 1. The van der Waals surface area contributed by atoms with Gasteiger partial charge < -0.3 is 19.4 Å². The second-order valence-electron chi connectivity index (χ2n) is 7.36. The van der Waals surface area contributed by atoms with Gasteiger partial charge in [0, 0.05) is 44.0 Å². The Bertz CT molecular complexity index is 864. The number of para-hydroxylation sites is 1. The summed E-state index contributed by atoms with van der Waals surface area (Å²) in [7, 11) is 0. The first-order chi connectivity index (χ1) is 13.6. The number of amides is 1. The van der Waals surface area contributed by atoms with E-state index in [0.717, 1.165) is 37.0 Å². The Morgan fingerprint density at radius 1 is 1.14 bits per heavy atom. The lowest BCUT2D eigenvalue weighted by atomic mass is 10.1. The summed E-state index contributed by atoms with van der Waals surface area (Å²) in [4.78, 5) is 27.6. The number of fused-ring (bicyclic) bond motifs is 1. The predicted molar refractivity (Wildman–Crippen MR) is 109 cm³/mol. The normalized spacial score (nSPS) is 19.0. The van der Waals surface area contributed by atoms with Gasteiger partial charge in [0.15, 0.2) is 0 Å². The van der Waals surface area contributed by atoms with E-state index in [1.807, 2.05) is 13.8 Å². The van der Waals surface area contributed by atoms with Gasteiger partial charge in [-0.15, -0.1) is 0 Å². The van der Waals surface area contributed by atoms with Gasteiger partial charge >= 0.3 is 6.09 Å². The molecule has 7 heteroatoms. The van der Waals surface area contributed by atoms with E-state index in [0.29, 0.717) is 25.7 Å². The molecular formula is C21H27N5O2. The lowest BCUT2D eigenvalue weighted by Crippen LogP contribution is -2.49. The quantitative estimate of drug-likeness (QED) is 0.814. The Kier molecular flexibility index (Phi) is 5.07. The van der Waals surface area contributed by atoms with Gasteiger partial charge in [-0.25, -0.2) is 14.8 Å². The average Bonchev–Trinajstić information content (AvgIpc) is 3.03. The molecule has 3 heterocycles. The topological polar surface area (TPSA) is 61.8 Å². The zero-order valence-electron chi connectivity index (χ0n) is 16.8. The van der Waals surface area contributed by atoms with E-state index >= 15 is 0 Å². The van der Waals surface area contributed by atoms with Crippen molar-refractivity contribution in [3.8, 4) is 0 Å². The summed E-state index contributed by atoms with van der Waals surface area (Å²) in [5.41, 5.74) is 2.59.